The van der Waals surface area contributed by atoms with Gasteiger partial charge in [-0.3, -0.25) is 0 Å². The van der Waals surface area contributed by atoms with Crippen LogP contribution in [0, 0.1) is 0 Å². The zero-order valence-electron chi connectivity index (χ0n) is 9.78. The summed E-state index contributed by atoms with van der Waals surface area (Å²) in [5, 5.41) is 27.1. The predicted octanol–water partition coefficient (Wildman–Crippen LogP) is 0.508. The molecule has 0 aliphatic rings. The lowest BCUT2D eigenvalue weighted by molar-refractivity contribution is 0.00939. The molecule has 0 aromatic heterocycles. The molecule has 1 rings (SSSR count). The van der Waals surface area contributed by atoms with Gasteiger partial charge in [0, 0.05) is 0 Å². The van der Waals surface area contributed by atoms with Crippen LogP contribution in [0.1, 0.15) is 5.56 Å². The first-order valence-corrected chi connectivity index (χ1v) is 5.44. The lowest BCUT2D eigenvalue weighted by Crippen LogP contribution is -2.27. The molecule has 4 nitrogen and oxygen atoms in total. The summed E-state index contributed by atoms with van der Waals surface area (Å²) in [5.41, 5.74) is 1.08. The molecule has 0 aliphatic carbocycles. The second-order valence-corrected chi connectivity index (χ2v) is 3.72. The van der Waals surface area contributed by atoms with Gasteiger partial charge >= 0.3 is 0 Å². The van der Waals surface area contributed by atoms with Gasteiger partial charge in [-0.25, -0.2) is 0 Å². The highest BCUT2D eigenvalue weighted by molar-refractivity contribution is 5.28. The molecule has 0 saturated carbocycles. The first-order valence-electron chi connectivity index (χ1n) is 5.44. The Kier molecular flexibility index (Phi) is 5.69. The number of aliphatic hydroxyl groups is 3. The van der Waals surface area contributed by atoms with E-state index < -0.39 is 18.8 Å². The summed E-state index contributed by atoms with van der Waals surface area (Å²) in [6.45, 7) is -0.450. The average Bonchev–Trinajstić information content (AvgIpc) is 2.38. The van der Waals surface area contributed by atoms with Crippen LogP contribution in [-0.4, -0.2) is 41.2 Å². The summed E-state index contributed by atoms with van der Waals surface area (Å²) < 4.78 is 5.04. The topological polar surface area (TPSA) is 69.9 Å². The van der Waals surface area contributed by atoms with Crippen molar-refractivity contribution in [3.05, 3.63) is 42.0 Å². The first-order chi connectivity index (χ1) is 8.17. The fraction of sp³-hybridized carbons (Fsp3) is 0.385. The molecule has 4 heteroatoms. The van der Waals surface area contributed by atoms with Crippen molar-refractivity contribution in [2.45, 2.75) is 18.6 Å². The molecule has 17 heavy (non-hydrogen) atoms. The summed E-state index contributed by atoms with van der Waals surface area (Å²) in [7, 11) is 1.61. The van der Waals surface area contributed by atoms with Gasteiger partial charge in [0.1, 0.15) is 18.0 Å². The van der Waals surface area contributed by atoms with Crippen LogP contribution in [0.2, 0.25) is 0 Å². The maximum atomic E-state index is 9.36. The highest BCUT2D eigenvalue weighted by Gasteiger charge is 2.10. The van der Waals surface area contributed by atoms with E-state index >= 15 is 0 Å². The van der Waals surface area contributed by atoms with Crippen molar-refractivity contribution in [1.29, 1.82) is 0 Å². The van der Waals surface area contributed by atoms with E-state index in [1.807, 2.05) is 24.3 Å². The molecule has 0 radical (unpaired) electrons. The molecule has 1 aromatic carbocycles. The SMILES string of the molecule is COc1ccc(C/C=C/[C@H](O)[C@H](O)CO)cc1. The molecular weight excluding hydrogens is 220 g/mol. The average molecular weight is 238 g/mol. The number of hydrogen-bond donors (Lipinski definition) is 3. The Morgan fingerprint density at radius 1 is 1.24 bits per heavy atom. The number of ether oxygens (including phenoxy) is 1. The Balaban J connectivity index is 2.46. The monoisotopic (exact) mass is 238 g/mol. The third-order valence-electron chi connectivity index (χ3n) is 2.43. The van der Waals surface area contributed by atoms with Crippen LogP contribution in [0.5, 0.6) is 5.75 Å². The zero-order chi connectivity index (χ0) is 12.7. The number of rotatable bonds is 6. The summed E-state index contributed by atoms with van der Waals surface area (Å²) in [5.74, 6) is 0.800. The lowest BCUT2D eigenvalue weighted by atomic mass is 10.1. The van der Waals surface area contributed by atoms with E-state index in [4.69, 9.17) is 14.9 Å². The van der Waals surface area contributed by atoms with E-state index in [9.17, 15) is 5.11 Å². The predicted molar refractivity (Wildman–Crippen MR) is 64.9 cm³/mol. The number of aliphatic hydroxyl groups excluding tert-OH is 3. The molecule has 0 aliphatic heterocycles. The van der Waals surface area contributed by atoms with Gasteiger partial charge in [-0.1, -0.05) is 24.3 Å². The van der Waals surface area contributed by atoms with Gasteiger partial charge in [-0.05, 0) is 24.1 Å². The molecule has 0 spiro atoms. The minimum Gasteiger partial charge on any atom is -0.497 e. The number of methoxy groups -OCH3 is 1. The lowest BCUT2D eigenvalue weighted by Gasteiger charge is -2.10. The number of allylic oxidation sites excluding steroid dienone is 1. The van der Waals surface area contributed by atoms with Gasteiger partial charge in [-0.2, -0.15) is 0 Å². The molecule has 0 bridgehead atoms. The van der Waals surface area contributed by atoms with Gasteiger partial charge in [0.2, 0.25) is 0 Å². The fourth-order valence-corrected chi connectivity index (χ4v) is 1.34. The molecule has 0 saturated heterocycles. The van der Waals surface area contributed by atoms with Crippen LogP contribution >= 0.6 is 0 Å². The highest BCUT2D eigenvalue weighted by atomic mass is 16.5. The second kappa shape index (κ2) is 7.06. The van der Waals surface area contributed by atoms with Gasteiger partial charge < -0.3 is 20.1 Å². The fourth-order valence-electron chi connectivity index (χ4n) is 1.34. The maximum absolute atomic E-state index is 9.36. The molecule has 0 amide bonds. The summed E-state index contributed by atoms with van der Waals surface area (Å²) in [6, 6.07) is 7.58. The molecule has 3 N–H and O–H groups in total. The molecule has 0 unspecified atom stereocenters. The van der Waals surface area contributed by atoms with Crippen LogP contribution < -0.4 is 4.74 Å². The van der Waals surface area contributed by atoms with Crippen molar-refractivity contribution in [3.8, 4) is 5.75 Å². The number of benzene rings is 1. The largest absolute Gasteiger partial charge is 0.497 e. The van der Waals surface area contributed by atoms with Crippen LogP contribution in [-0.2, 0) is 6.42 Å². The van der Waals surface area contributed by atoms with Gasteiger partial charge in [0.25, 0.3) is 0 Å². The first kappa shape index (κ1) is 13.7. The Morgan fingerprint density at radius 2 is 1.88 bits per heavy atom. The smallest absolute Gasteiger partial charge is 0.118 e. The molecule has 2 atom stereocenters. The van der Waals surface area contributed by atoms with Crippen molar-refractivity contribution in [2.24, 2.45) is 0 Å². The maximum Gasteiger partial charge on any atom is 0.118 e. The van der Waals surface area contributed by atoms with Crippen molar-refractivity contribution in [1.82, 2.24) is 0 Å². The second-order valence-electron chi connectivity index (χ2n) is 3.72. The van der Waals surface area contributed by atoms with Crippen LogP contribution in [0.25, 0.3) is 0 Å². The molecule has 94 valence electrons. The third kappa shape index (κ3) is 4.56. The molecular formula is C13H18O4. The van der Waals surface area contributed by atoms with E-state index in [1.54, 1.807) is 13.2 Å². The normalized spacial score (nSPS) is 14.8. The van der Waals surface area contributed by atoms with Crippen molar-refractivity contribution in [3.63, 3.8) is 0 Å². The Labute approximate surface area is 101 Å². The van der Waals surface area contributed by atoms with E-state index in [0.29, 0.717) is 6.42 Å². The molecule has 0 heterocycles. The van der Waals surface area contributed by atoms with E-state index in [0.717, 1.165) is 11.3 Å². The number of hydrogen-bond acceptors (Lipinski definition) is 4. The summed E-state index contributed by atoms with van der Waals surface area (Å²) >= 11 is 0. The van der Waals surface area contributed by atoms with Crippen molar-refractivity contribution >= 4 is 0 Å². The van der Waals surface area contributed by atoms with Crippen LogP contribution in [0.4, 0.5) is 0 Å². The Hall–Kier alpha value is -1.36. The molecule has 0 fully saturated rings. The van der Waals surface area contributed by atoms with Gasteiger partial charge in [-0.15, -0.1) is 0 Å². The summed E-state index contributed by atoms with van der Waals surface area (Å²) in [4.78, 5) is 0. The van der Waals surface area contributed by atoms with Crippen LogP contribution in [0.15, 0.2) is 36.4 Å². The summed E-state index contributed by atoms with van der Waals surface area (Å²) in [6.07, 6.45) is 1.73. The van der Waals surface area contributed by atoms with E-state index in [2.05, 4.69) is 0 Å². The van der Waals surface area contributed by atoms with Crippen molar-refractivity contribution < 1.29 is 20.1 Å². The minimum atomic E-state index is -1.12. The Morgan fingerprint density at radius 3 is 2.41 bits per heavy atom. The Bertz CT molecular complexity index is 345. The van der Waals surface area contributed by atoms with Gasteiger partial charge in [0.15, 0.2) is 0 Å². The van der Waals surface area contributed by atoms with E-state index in [-0.39, 0.29) is 0 Å². The quantitative estimate of drug-likeness (QED) is 0.631. The highest BCUT2D eigenvalue weighted by Crippen LogP contribution is 2.12. The standard InChI is InChI=1S/C13H18O4/c1-17-11-7-5-10(6-8-11)3-2-4-12(15)13(16)9-14/h2,4-8,12-16H,3,9H2,1H3/b4-2+/t12-,13+/m0/s1. The third-order valence-corrected chi connectivity index (χ3v) is 2.43. The molecule has 1 aromatic rings. The van der Waals surface area contributed by atoms with Gasteiger partial charge in [0.05, 0.1) is 13.7 Å². The van der Waals surface area contributed by atoms with Crippen molar-refractivity contribution in [2.75, 3.05) is 13.7 Å². The zero-order valence-corrected chi connectivity index (χ0v) is 9.78. The minimum absolute atomic E-state index is 0.450. The van der Waals surface area contributed by atoms with E-state index in [1.165, 1.54) is 6.08 Å². The van der Waals surface area contributed by atoms with Crippen LogP contribution in [0.3, 0.4) is 0 Å².